The Morgan fingerprint density at radius 3 is 2.74 bits per heavy atom. The third kappa shape index (κ3) is 3.15. The van der Waals surface area contributed by atoms with Gasteiger partial charge in [-0.15, -0.1) is 11.3 Å². The van der Waals surface area contributed by atoms with Crippen molar-refractivity contribution < 1.29 is 0 Å². The third-order valence-corrected chi connectivity index (χ3v) is 6.80. The predicted octanol–water partition coefficient (Wildman–Crippen LogP) is 4.01. The van der Waals surface area contributed by atoms with Crippen LogP contribution < -0.4 is 4.90 Å². The molecule has 27 heavy (non-hydrogen) atoms. The lowest BCUT2D eigenvalue weighted by Gasteiger charge is -2.25. The standard InChI is InChI=1S/C22H24N4S/c1-17-7-8-19(27-17)14-25-12-9-22(15-25)16-26(13-18-5-2-3-10-23-18)20-6-4-11-24-21(20)22/h2-8,10-11H,9,12-16H2,1H3/t22-/m1/s1. The molecule has 5 heteroatoms. The molecule has 0 amide bonds. The quantitative estimate of drug-likeness (QED) is 0.689. The molecule has 0 radical (unpaired) electrons. The summed E-state index contributed by atoms with van der Waals surface area (Å²) in [4.78, 5) is 17.3. The fraction of sp³-hybridized carbons (Fsp3) is 0.364. The number of nitrogens with zero attached hydrogens (tertiary/aromatic N) is 4. The van der Waals surface area contributed by atoms with Gasteiger partial charge in [-0.25, -0.2) is 0 Å². The Labute approximate surface area is 164 Å². The lowest BCUT2D eigenvalue weighted by molar-refractivity contribution is 0.307. The summed E-state index contributed by atoms with van der Waals surface area (Å²) in [5.41, 5.74) is 3.84. The zero-order chi connectivity index (χ0) is 18.3. The molecule has 0 aromatic carbocycles. The zero-order valence-corrected chi connectivity index (χ0v) is 16.5. The molecule has 1 fully saturated rings. The molecule has 2 aliphatic heterocycles. The molecular formula is C22H24N4S. The molecule has 0 saturated carbocycles. The molecule has 2 aliphatic rings. The van der Waals surface area contributed by atoms with E-state index < -0.39 is 0 Å². The van der Waals surface area contributed by atoms with Crippen LogP contribution in [0.2, 0.25) is 0 Å². The Morgan fingerprint density at radius 2 is 1.93 bits per heavy atom. The minimum Gasteiger partial charge on any atom is -0.363 e. The summed E-state index contributed by atoms with van der Waals surface area (Å²) in [5.74, 6) is 0. The number of pyridine rings is 2. The number of likely N-dealkylation sites (tertiary alicyclic amines) is 1. The maximum absolute atomic E-state index is 4.85. The number of aromatic nitrogens is 2. The van der Waals surface area contributed by atoms with Gasteiger partial charge in [0, 0.05) is 47.2 Å². The first-order valence-corrected chi connectivity index (χ1v) is 10.4. The number of thiophene rings is 1. The van der Waals surface area contributed by atoms with E-state index in [9.17, 15) is 0 Å². The monoisotopic (exact) mass is 376 g/mol. The molecule has 4 nitrogen and oxygen atoms in total. The van der Waals surface area contributed by atoms with Crippen LogP contribution in [-0.4, -0.2) is 34.5 Å². The predicted molar refractivity (Wildman–Crippen MR) is 110 cm³/mol. The minimum atomic E-state index is 0.150. The lowest BCUT2D eigenvalue weighted by Crippen LogP contribution is -2.36. The molecule has 1 atom stereocenters. The van der Waals surface area contributed by atoms with E-state index in [0.717, 1.165) is 38.4 Å². The van der Waals surface area contributed by atoms with Gasteiger partial charge in [0.25, 0.3) is 0 Å². The summed E-state index contributed by atoms with van der Waals surface area (Å²) in [5, 5.41) is 0. The van der Waals surface area contributed by atoms with E-state index >= 15 is 0 Å². The summed E-state index contributed by atoms with van der Waals surface area (Å²) in [6.45, 7) is 7.37. The van der Waals surface area contributed by atoms with Crippen LogP contribution in [0.25, 0.3) is 0 Å². The first-order valence-electron chi connectivity index (χ1n) is 9.60. The normalized spacial score (nSPS) is 21.9. The molecule has 5 rings (SSSR count). The Morgan fingerprint density at radius 1 is 1.00 bits per heavy atom. The second-order valence-electron chi connectivity index (χ2n) is 7.80. The van der Waals surface area contributed by atoms with Crippen molar-refractivity contribution in [1.29, 1.82) is 0 Å². The smallest absolute Gasteiger partial charge is 0.0729 e. The average molecular weight is 377 g/mol. The highest BCUT2D eigenvalue weighted by molar-refractivity contribution is 7.11. The van der Waals surface area contributed by atoms with Gasteiger partial charge in [-0.05, 0) is 56.3 Å². The first kappa shape index (κ1) is 16.9. The number of aryl methyl sites for hydroxylation is 1. The lowest BCUT2D eigenvalue weighted by atomic mass is 9.85. The van der Waals surface area contributed by atoms with Gasteiger partial charge < -0.3 is 4.90 Å². The van der Waals surface area contributed by atoms with Gasteiger partial charge in [0.1, 0.15) is 0 Å². The van der Waals surface area contributed by atoms with Crippen molar-refractivity contribution >= 4 is 17.0 Å². The van der Waals surface area contributed by atoms with E-state index in [1.165, 1.54) is 27.6 Å². The summed E-state index contributed by atoms with van der Waals surface area (Å²) < 4.78 is 0. The minimum absolute atomic E-state index is 0.150. The highest BCUT2D eigenvalue weighted by Gasteiger charge is 2.48. The number of anilines is 1. The van der Waals surface area contributed by atoms with Crippen molar-refractivity contribution in [3.63, 3.8) is 0 Å². The fourth-order valence-electron chi connectivity index (χ4n) is 4.62. The summed E-state index contributed by atoms with van der Waals surface area (Å²) >= 11 is 1.92. The molecule has 138 valence electrons. The second-order valence-corrected chi connectivity index (χ2v) is 9.17. The number of rotatable bonds is 4. The van der Waals surface area contributed by atoms with Gasteiger partial charge in [-0.3, -0.25) is 14.9 Å². The maximum atomic E-state index is 4.85. The van der Waals surface area contributed by atoms with Crippen LogP contribution in [0.15, 0.2) is 54.9 Å². The summed E-state index contributed by atoms with van der Waals surface area (Å²) in [6.07, 6.45) is 5.02. The number of fused-ring (bicyclic) bond motifs is 2. The van der Waals surface area contributed by atoms with Crippen molar-refractivity contribution in [2.24, 2.45) is 0 Å². The van der Waals surface area contributed by atoms with Crippen LogP contribution in [0.5, 0.6) is 0 Å². The second kappa shape index (κ2) is 6.73. The van der Waals surface area contributed by atoms with Crippen LogP contribution >= 0.6 is 11.3 Å². The van der Waals surface area contributed by atoms with E-state index in [-0.39, 0.29) is 5.41 Å². The van der Waals surface area contributed by atoms with Gasteiger partial charge in [0.15, 0.2) is 0 Å². The fourth-order valence-corrected chi connectivity index (χ4v) is 5.55. The first-order chi connectivity index (χ1) is 13.2. The number of hydrogen-bond acceptors (Lipinski definition) is 5. The van der Waals surface area contributed by atoms with Crippen LogP contribution in [0.1, 0.15) is 27.6 Å². The molecule has 0 bridgehead atoms. The summed E-state index contributed by atoms with van der Waals surface area (Å²) in [6, 6.07) is 15.0. The Hall–Kier alpha value is -2.24. The van der Waals surface area contributed by atoms with E-state index in [1.54, 1.807) is 0 Å². The van der Waals surface area contributed by atoms with E-state index in [2.05, 4.69) is 58.1 Å². The van der Waals surface area contributed by atoms with Gasteiger partial charge in [-0.1, -0.05) is 6.07 Å². The highest BCUT2D eigenvalue weighted by Crippen LogP contribution is 2.45. The average Bonchev–Trinajstić information content (AvgIpc) is 3.36. The SMILES string of the molecule is Cc1ccc(CN2CC[C@@]3(C2)CN(Cc2ccccn2)c2cccnc23)s1. The van der Waals surface area contributed by atoms with E-state index in [1.807, 2.05) is 29.8 Å². The Kier molecular flexibility index (Phi) is 4.21. The van der Waals surface area contributed by atoms with Gasteiger partial charge in [0.2, 0.25) is 0 Å². The molecule has 0 unspecified atom stereocenters. The van der Waals surface area contributed by atoms with E-state index in [0.29, 0.717) is 0 Å². The third-order valence-electron chi connectivity index (χ3n) is 5.81. The van der Waals surface area contributed by atoms with Crippen LogP contribution in [-0.2, 0) is 18.5 Å². The molecule has 5 heterocycles. The molecule has 0 N–H and O–H groups in total. The van der Waals surface area contributed by atoms with E-state index in [4.69, 9.17) is 4.98 Å². The number of hydrogen-bond donors (Lipinski definition) is 0. The van der Waals surface area contributed by atoms with Gasteiger partial charge in [-0.2, -0.15) is 0 Å². The van der Waals surface area contributed by atoms with Gasteiger partial charge in [0.05, 0.1) is 23.6 Å². The Balaban J connectivity index is 1.38. The topological polar surface area (TPSA) is 32.3 Å². The molecular weight excluding hydrogens is 352 g/mol. The van der Waals surface area contributed by atoms with Crippen molar-refractivity contribution in [3.8, 4) is 0 Å². The van der Waals surface area contributed by atoms with Crippen molar-refractivity contribution in [1.82, 2.24) is 14.9 Å². The molecule has 3 aromatic rings. The maximum Gasteiger partial charge on any atom is 0.0729 e. The van der Waals surface area contributed by atoms with Gasteiger partial charge >= 0.3 is 0 Å². The van der Waals surface area contributed by atoms with Crippen molar-refractivity contribution in [3.05, 3.63) is 76.0 Å². The van der Waals surface area contributed by atoms with Crippen molar-refractivity contribution in [2.75, 3.05) is 24.5 Å². The molecule has 1 spiro atoms. The van der Waals surface area contributed by atoms with Crippen molar-refractivity contribution in [2.45, 2.75) is 31.8 Å². The molecule has 1 saturated heterocycles. The molecule has 0 aliphatic carbocycles. The summed E-state index contributed by atoms with van der Waals surface area (Å²) in [7, 11) is 0. The zero-order valence-electron chi connectivity index (χ0n) is 15.6. The molecule has 3 aromatic heterocycles. The highest BCUT2D eigenvalue weighted by atomic mass is 32.1. The van der Waals surface area contributed by atoms with Crippen LogP contribution in [0.4, 0.5) is 5.69 Å². The Bertz CT molecular complexity index is 938. The van der Waals surface area contributed by atoms with Crippen LogP contribution in [0.3, 0.4) is 0 Å². The largest absolute Gasteiger partial charge is 0.363 e. The van der Waals surface area contributed by atoms with Crippen LogP contribution in [0, 0.1) is 6.92 Å².